The van der Waals surface area contributed by atoms with Crippen molar-refractivity contribution < 1.29 is 4.52 Å². The van der Waals surface area contributed by atoms with Crippen LogP contribution >= 0.6 is 11.3 Å². The molecule has 4 nitrogen and oxygen atoms in total. The number of aromatic nitrogens is 2. The van der Waals surface area contributed by atoms with Crippen LogP contribution in [0.1, 0.15) is 21.3 Å². The molecule has 80 valence electrons. The van der Waals surface area contributed by atoms with E-state index in [2.05, 4.69) is 15.5 Å². The van der Waals surface area contributed by atoms with Gasteiger partial charge in [0.15, 0.2) is 5.82 Å². The lowest BCUT2D eigenvalue weighted by Crippen LogP contribution is -1.98. The van der Waals surface area contributed by atoms with Gasteiger partial charge in [-0.05, 0) is 20.8 Å². The molecule has 0 aromatic carbocycles. The summed E-state index contributed by atoms with van der Waals surface area (Å²) in [5.41, 5.74) is 1.09. The maximum absolute atomic E-state index is 4.96. The molecule has 0 radical (unpaired) electrons. The molecular formula is C10H13N3OS. The highest BCUT2D eigenvalue weighted by atomic mass is 32.1. The second-order valence-electron chi connectivity index (χ2n) is 3.42. The van der Waals surface area contributed by atoms with Gasteiger partial charge in [0, 0.05) is 10.9 Å². The Bertz CT molecular complexity index is 461. The molecule has 2 rings (SSSR count). The molecule has 0 aliphatic heterocycles. The summed E-state index contributed by atoms with van der Waals surface area (Å²) in [5.74, 6) is 1.59. The predicted molar refractivity (Wildman–Crippen MR) is 60.2 cm³/mol. The lowest BCUT2D eigenvalue weighted by Gasteiger charge is -1.99. The van der Waals surface area contributed by atoms with Crippen molar-refractivity contribution >= 4 is 17.2 Å². The van der Waals surface area contributed by atoms with Gasteiger partial charge in [-0.25, -0.2) is 4.98 Å². The Hall–Kier alpha value is -1.36. The Kier molecular flexibility index (Phi) is 2.73. The molecule has 15 heavy (non-hydrogen) atoms. The lowest BCUT2D eigenvalue weighted by molar-refractivity contribution is 0.399. The molecule has 2 aromatic rings. The highest BCUT2D eigenvalue weighted by Crippen LogP contribution is 2.18. The maximum atomic E-state index is 4.96. The first-order valence-electron chi connectivity index (χ1n) is 4.75. The highest BCUT2D eigenvalue weighted by Gasteiger charge is 2.05. The van der Waals surface area contributed by atoms with Gasteiger partial charge in [0.1, 0.15) is 5.76 Å². The van der Waals surface area contributed by atoms with E-state index in [4.69, 9.17) is 4.52 Å². The fourth-order valence-electron chi connectivity index (χ4n) is 1.36. The third-order valence-electron chi connectivity index (χ3n) is 2.06. The van der Waals surface area contributed by atoms with E-state index in [1.165, 1.54) is 4.88 Å². The van der Waals surface area contributed by atoms with E-state index in [1.54, 1.807) is 11.3 Å². The minimum absolute atomic E-state index is 0.753. The van der Waals surface area contributed by atoms with Crippen molar-refractivity contribution in [3.8, 4) is 0 Å². The van der Waals surface area contributed by atoms with Crippen LogP contribution in [0.2, 0.25) is 0 Å². The Balaban J connectivity index is 2.01. The van der Waals surface area contributed by atoms with Gasteiger partial charge >= 0.3 is 0 Å². The van der Waals surface area contributed by atoms with E-state index >= 15 is 0 Å². The maximum Gasteiger partial charge on any atom is 0.169 e. The third kappa shape index (κ3) is 2.36. The van der Waals surface area contributed by atoms with Gasteiger partial charge in [0.2, 0.25) is 0 Å². The normalized spacial score (nSPS) is 10.6. The molecule has 2 heterocycles. The number of aryl methyl sites for hydroxylation is 3. The minimum atomic E-state index is 0.753. The van der Waals surface area contributed by atoms with Gasteiger partial charge in [-0.1, -0.05) is 5.16 Å². The van der Waals surface area contributed by atoms with Crippen molar-refractivity contribution in [2.24, 2.45) is 0 Å². The molecule has 1 N–H and O–H groups in total. The zero-order valence-electron chi connectivity index (χ0n) is 9.00. The van der Waals surface area contributed by atoms with Crippen LogP contribution in [0.3, 0.4) is 0 Å². The Morgan fingerprint density at radius 1 is 1.40 bits per heavy atom. The van der Waals surface area contributed by atoms with Gasteiger partial charge in [0.25, 0.3) is 0 Å². The van der Waals surface area contributed by atoms with Crippen LogP contribution < -0.4 is 5.32 Å². The molecule has 0 atom stereocenters. The quantitative estimate of drug-likeness (QED) is 0.869. The molecule has 0 saturated heterocycles. The van der Waals surface area contributed by atoms with Gasteiger partial charge < -0.3 is 9.84 Å². The number of nitrogens with one attached hydrogen (secondary N) is 1. The van der Waals surface area contributed by atoms with E-state index in [1.807, 2.05) is 26.8 Å². The zero-order valence-corrected chi connectivity index (χ0v) is 9.81. The summed E-state index contributed by atoms with van der Waals surface area (Å²) >= 11 is 1.71. The highest BCUT2D eigenvalue weighted by molar-refractivity contribution is 7.11. The molecule has 0 amide bonds. The number of anilines is 1. The summed E-state index contributed by atoms with van der Waals surface area (Å²) in [6.45, 7) is 6.67. The lowest BCUT2D eigenvalue weighted by atomic mass is 10.4. The predicted octanol–water partition coefficient (Wildman–Crippen LogP) is 2.67. The van der Waals surface area contributed by atoms with E-state index in [-0.39, 0.29) is 0 Å². The molecule has 0 fully saturated rings. The van der Waals surface area contributed by atoms with Crippen LogP contribution in [0.25, 0.3) is 0 Å². The Morgan fingerprint density at radius 3 is 2.73 bits per heavy atom. The van der Waals surface area contributed by atoms with Crippen molar-refractivity contribution in [2.45, 2.75) is 27.3 Å². The SMILES string of the molecule is Cc1cc(NCc2sc(C)nc2C)no1. The fraction of sp³-hybridized carbons (Fsp3) is 0.400. The summed E-state index contributed by atoms with van der Waals surface area (Å²) in [6, 6.07) is 1.88. The molecule has 0 bridgehead atoms. The Morgan fingerprint density at radius 2 is 2.20 bits per heavy atom. The summed E-state index contributed by atoms with van der Waals surface area (Å²) in [7, 11) is 0. The van der Waals surface area contributed by atoms with Crippen molar-refractivity contribution in [3.63, 3.8) is 0 Å². The molecule has 0 aliphatic rings. The van der Waals surface area contributed by atoms with E-state index in [0.717, 1.165) is 28.8 Å². The number of nitrogens with zero attached hydrogens (tertiary/aromatic N) is 2. The van der Waals surface area contributed by atoms with Crippen molar-refractivity contribution in [2.75, 3.05) is 5.32 Å². The monoisotopic (exact) mass is 223 g/mol. The number of thiazole rings is 1. The van der Waals surface area contributed by atoms with Crippen LogP contribution in [-0.2, 0) is 6.54 Å². The molecule has 0 spiro atoms. The van der Waals surface area contributed by atoms with Crippen LogP contribution in [0, 0.1) is 20.8 Å². The number of hydrogen-bond donors (Lipinski definition) is 1. The summed E-state index contributed by atoms with van der Waals surface area (Å²) in [4.78, 5) is 5.61. The molecule has 0 unspecified atom stereocenters. The average molecular weight is 223 g/mol. The number of hydrogen-bond acceptors (Lipinski definition) is 5. The molecule has 2 aromatic heterocycles. The second kappa shape index (κ2) is 4.02. The first kappa shape index (κ1) is 10.2. The molecule has 0 saturated carbocycles. The largest absolute Gasteiger partial charge is 0.362 e. The van der Waals surface area contributed by atoms with Crippen molar-refractivity contribution in [3.05, 3.63) is 27.4 Å². The first-order chi connectivity index (χ1) is 7.15. The summed E-state index contributed by atoms with van der Waals surface area (Å²) in [5, 5.41) is 8.16. The summed E-state index contributed by atoms with van der Waals surface area (Å²) < 4.78 is 4.96. The molecular weight excluding hydrogens is 210 g/mol. The van der Waals surface area contributed by atoms with Crippen LogP contribution in [-0.4, -0.2) is 10.1 Å². The van der Waals surface area contributed by atoms with E-state index < -0.39 is 0 Å². The van der Waals surface area contributed by atoms with E-state index in [9.17, 15) is 0 Å². The summed E-state index contributed by atoms with van der Waals surface area (Å²) in [6.07, 6.45) is 0. The van der Waals surface area contributed by atoms with Crippen LogP contribution in [0.5, 0.6) is 0 Å². The average Bonchev–Trinajstić information content (AvgIpc) is 2.70. The molecule has 0 aliphatic carbocycles. The van der Waals surface area contributed by atoms with Gasteiger partial charge in [-0.2, -0.15) is 0 Å². The number of rotatable bonds is 3. The Labute approximate surface area is 92.3 Å². The van der Waals surface area contributed by atoms with Crippen molar-refractivity contribution in [1.82, 2.24) is 10.1 Å². The fourth-order valence-corrected chi connectivity index (χ4v) is 2.23. The standard InChI is InChI=1S/C10H13N3OS/c1-6-4-10(13-14-6)11-5-9-7(2)12-8(3)15-9/h4H,5H2,1-3H3,(H,11,13). The van der Waals surface area contributed by atoms with Gasteiger partial charge in [-0.15, -0.1) is 11.3 Å². The zero-order chi connectivity index (χ0) is 10.8. The third-order valence-corrected chi connectivity index (χ3v) is 3.13. The van der Waals surface area contributed by atoms with Crippen molar-refractivity contribution in [1.29, 1.82) is 0 Å². The van der Waals surface area contributed by atoms with E-state index in [0.29, 0.717) is 0 Å². The van der Waals surface area contributed by atoms with Gasteiger partial charge in [0.05, 0.1) is 17.2 Å². The topological polar surface area (TPSA) is 51.0 Å². The minimum Gasteiger partial charge on any atom is -0.362 e. The molecule has 5 heteroatoms. The van der Waals surface area contributed by atoms with Gasteiger partial charge in [-0.3, -0.25) is 0 Å². The second-order valence-corrected chi connectivity index (χ2v) is 4.71. The van der Waals surface area contributed by atoms with Crippen LogP contribution in [0.4, 0.5) is 5.82 Å². The first-order valence-corrected chi connectivity index (χ1v) is 5.57. The smallest absolute Gasteiger partial charge is 0.169 e. The van der Waals surface area contributed by atoms with Crippen LogP contribution in [0.15, 0.2) is 10.6 Å².